The van der Waals surface area contributed by atoms with E-state index in [0.717, 1.165) is 0 Å². The summed E-state index contributed by atoms with van der Waals surface area (Å²) in [7, 11) is -2.98. The van der Waals surface area contributed by atoms with Crippen LogP contribution in [0.15, 0.2) is 30.3 Å². The molecule has 1 fully saturated rings. The van der Waals surface area contributed by atoms with Gasteiger partial charge in [-0.1, -0.05) is 30.3 Å². The molecule has 1 saturated heterocycles. The highest BCUT2D eigenvalue weighted by Crippen LogP contribution is 2.12. The van der Waals surface area contributed by atoms with Gasteiger partial charge in [0.25, 0.3) is 0 Å². The van der Waals surface area contributed by atoms with Gasteiger partial charge in [-0.25, -0.2) is 8.42 Å². The van der Waals surface area contributed by atoms with E-state index in [4.69, 9.17) is 5.73 Å². The third kappa shape index (κ3) is 4.54. The lowest BCUT2D eigenvalue weighted by atomic mass is 10.1. The van der Waals surface area contributed by atoms with Gasteiger partial charge in [-0.05, 0) is 5.56 Å². The number of primary amides is 1. The Morgan fingerprint density at radius 1 is 1.18 bits per heavy atom. The van der Waals surface area contributed by atoms with Gasteiger partial charge < -0.3 is 11.1 Å². The molecular formula is C14H19N3O4S. The standard InChI is InChI=1S/C14H19N3O4S/c15-14(19)13(11-4-2-1-3-5-11)16-12(18)10-17-6-8-22(20,21)9-7-17/h1-5,13H,6-10H2,(H2,15,19)(H,16,18)/t13-/m0/s1. The highest BCUT2D eigenvalue weighted by Gasteiger charge is 2.25. The third-order valence-electron chi connectivity index (χ3n) is 3.53. The van der Waals surface area contributed by atoms with Gasteiger partial charge in [0.05, 0.1) is 18.1 Å². The lowest BCUT2D eigenvalue weighted by Crippen LogP contribution is -2.47. The lowest BCUT2D eigenvalue weighted by molar-refractivity contribution is -0.128. The average molecular weight is 325 g/mol. The van der Waals surface area contributed by atoms with E-state index in [1.807, 2.05) is 0 Å². The van der Waals surface area contributed by atoms with E-state index >= 15 is 0 Å². The monoisotopic (exact) mass is 325 g/mol. The van der Waals surface area contributed by atoms with Crippen LogP contribution in [0, 0.1) is 0 Å². The summed E-state index contributed by atoms with van der Waals surface area (Å²) < 4.78 is 22.7. The van der Waals surface area contributed by atoms with Gasteiger partial charge in [-0.15, -0.1) is 0 Å². The van der Waals surface area contributed by atoms with Crippen LogP contribution in [0.2, 0.25) is 0 Å². The number of carbonyl (C=O) groups is 2. The predicted octanol–water partition coefficient (Wildman–Crippen LogP) is -0.940. The Bertz CT molecular complexity index is 631. The number of sulfone groups is 1. The number of rotatable bonds is 5. The highest BCUT2D eigenvalue weighted by atomic mass is 32.2. The molecule has 2 amide bonds. The van der Waals surface area contributed by atoms with Gasteiger partial charge in [0.15, 0.2) is 9.84 Å². The molecule has 1 aromatic carbocycles. The topological polar surface area (TPSA) is 110 Å². The van der Waals surface area contributed by atoms with Gasteiger partial charge in [0.2, 0.25) is 11.8 Å². The molecule has 0 aliphatic carbocycles. The summed E-state index contributed by atoms with van der Waals surface area (Å²) in [5.41, 5.74) is 5.95. The SMILES string of the molecule is NC(=O)[C@@H](NC(=O)CN1CCS(=O)(=O)CC1)c1ccccc1. The van der Waals surface area contributed by atoms with Gasteiger partial charge in [0.1, 0.15) is 6.04 Å². The first-order valence-electron chi connectivity index (χ1n) is 6.94. The van der Waals surface area contributed by atoms with Crippen molar-refractivity contribution in [3.8, 4) is 0 Å². The predicted molar refractivity (Wildman–Crippen MR) is 81.6 cm³/mol. The van der Waals surface area contributed by atoms with Crippen LogP contribution in [-0.4, -0.2) is 56.3 Å². The smallest absolute Gasteiger partial charge is 0.244 e. The summed E-state index contributed by atoms with van der Waals surface area (Å²) in [6.07, 6.45) is 0. The highest BCUT2D eigenvalue weighted by molar-refractivity contribution is 7.91. The summed E-state index contributed by atoms with van der Waals surface area (Å²) in [6, 6.07) is 7.85. The van der Waals surface area contributed by atoms with Crippen LogP contribution in [0.4, 0.5) is 0 Å². The Labute approximate surface area is 129 Å². The number of carbonyl (C=O) groups excluding carboxylic acids is 2. The maximum Gasteiger partial charge on any atom is 0.244 e. The lowest BCUT2D eigenvalue weighted by Gasteiger charge is -2.26. The molecule has 0 bridgehead atoms. The van der Waals surface area contributed by atoms with Crippen LogP contribution in [0.5, 0.6) is 0 Å². The number of amides is 2. The number of nitrogens with two attached hydrogens (primary N) is 1. The van der Waals surface area contributed by atoms with Gasteiger partial charge in [-0.2, -0.15) is 0 Å². The molecule has 22 heavy (non-hydrogen) atoms. The van der Waals surface area contributed by atoms with Crippen molar-refractivity contribution in [1.82, 2.24) is 10.2 Å². The fourth-order valence-electron chi connectivity index (χ4n) is 2.28. The fourth-order valence-corrected chi connectivity index (χ4v) is 3.56. The molecule has 1 aromatic rings. The minimum Gasteiger partial charge on any atom is -0.368 e. The largest absolute Gasteiger partial charge is 0.368 e. The Kier molecular flexibility index (Phi) is 5.15. The zero-order valence-electron chi connectivity index (χ0n) is 12.1. The maximum absolute atomic E-state index is 12.1. The molecule has 1 atom stereocenters. The van der Waals surface area contributed by atoms with E-state index < -0.39 is 21.8 Å². The van der Waals surface area contributed by atoms with Crippen LogP contribution in [0.25, 0.3) is 0 Å². The van der Waals surface area contributed by atoms with Crippen molar-refractivity contribution < 1.29 is 18.0 Å². The minimum atomic E-state index is -2.98. The quantitative estimate of drug-likeness (QED) is 0.726. The second kappa shape index (κ2) is 6.89. The van der Waals surface area contributed by atoms with Crippen molar-refractivity contribution in [2.75, 3.05) is 31.1 Å². The molecule has 1 aliphatic rings. The molecule has 2 rings (SSSR count). The Balaban J connectivity index is 1.94. The normalized spacial score (nSPS) is 19.3. The van der Waals surface area contributed by atoms with E-state index in [0.29, 0.717) is 18.7 Å². The molecular weight excluding hydrogens is 306 g/mol. The maximum atomic E-state index is 12.1. The van der Waals surface area contributed by atoms with E-state index in [-0.39, 0.29) is 24.0 Å². The van der Waals surface area contributed by atoms with Crippen molar-refractivity contribution in [3.05, 3.63) is 35.9 Å². The summed E-state index contributed by atoms with van der Waals surface area (Å²) in [5.74, 6) is -0.885. The Hall–Kier alpha value is -1.93. The van der Waals surface area contributed by atoms with Crippen LogP contribution < -0.4 is 11.1 Å². The number of nitrogens with zero attached hydrogens (tertiary/aromatic N) is 1. The van der Waals surface area contributed by atoms with Crippen LogP contribution >= 0.6 is 0 Å². The van der Waals surface area contributed by atoms with Gasteiger partial charge in [0, 0.05) is 13.1 Å². The van der Waals surface area contributed by atoms with Crippen molar-refractivity contribution in [3.63, 3.8) is 0 Å². The molecule has 0 spiro atoms. The van der Waals surface area contributed by atoms with Crippen molar-refractivity contribution in [2.24, 2.45) is 5.73 Å². The zero-order valence-corrected chi connectivity index (χ0v) is 12.9. The molecule has 0 unspecified atom stereocenters. The molecule has 1 aliphatic heterocycles. The summed E-state index contributed by atoms with van der Waals surface area (Å²) in [4.78, 5) is 25.3. The molecule has 0 radical (unpaired) electrons. The molecule has 0 aromatic heterocycles. The second-order valence-corrected chi connectivity index (χ2v) is 7.55. The fraction of sp³-hybridized carbons (Fsp3) is 0.429. The molecule has 120 valence electrons. The van der Waals surface area contributed by atoms with Crippen LogP contribution in [-0.2, 0) is 19.4 Å². The summed E-state index contributed by atoms with van der Waals surface area (Å²) in [5, 5.41) is 2.60. The number of nitrogens with one attached hydrogen (secondary N) is 1. The van der Waals surface area contributed by atoms with Crippen molar-refractivity contribution in [1.29, 1.82) is 0 Å². The van der Waals surface area contributed by atoms with E-state index in [9.17, 15) is 18.0 Å². The molecule has 0 saturated carbocycles. The van der Waals surface area contributed by atoms with E-state index in [1.54, 1.807) is 35.2 Å². The molecule has 1 heterocycles. The van der Waals surface area contributed by atoms with Crippen molar-refractivity contribution in [2.45, 2.75) is 6.04 Å². The number of benzene rings is 1. The molecule has 8 heteroatoms. The average Bonchev–Trinajstić information content (AvgIpc) is 2.48. The second-order valence-electron chi connectivity index (χ2n) is 5.24. The summed E-state index contributed by atoms with van der Waals surface area (Å²) >= 11 is 0. The van der Waals surface area contributed by atoms with Gasteiger partial charge >= 0.3 is 0 Å². The van der Waals surface area contributed by atoms with Crippen molar-refractivity contribution >= 4 is 21.7 Å². The minimum absolute atomic E-state index is 0.0478. The van der Waals surface area contributed by atoms with Crippen LogP contribution in [0.1, 0.15) is 11.6 Å². The summed E-state index contributed by atoms with van der Waals surface area (Å²) in [6.45, 7) is 0.691. The molecule has 7 nitrogen and oxygen atoms in total. The van der Waals surface area contributed by atoms with E-state index in [2.05, 4.69) is 5.32 Å². The first-order chi connectivity index (χ1) is 10.4. The Morgan fingerprint density at radius 2 is 1.77 bits per heavy atom. The number of hydrogen-bond donors (Lipinski definition) is 2. The van der Waals surface area contributed by atoms with Crippen LogP contribution in [0.3, 0.4) is 0 Å². The number of hydrogen-bond acceptors (Lipinski definition) is 5. The first-order valence-corrected chi connectivity index (χ1v) is 8.76. The van der Waals surface area contributed by atoms with E-state index in [1.165, 1.54) is 0 Å². The molecule has 3 N–H and O–H groups in total. The van der Waals surface area contributed by atoms with Gasteiger partial charge in [-0.3, -0.25) is 14.5 Å². The first kappa shape index (κ1) is 16.4. The Morgan fingerprint density at radius 3 is 2.32 bits per heavy atom. The zero-order chi connectivity index (χ0) is 16.2. The third-order valence-corrected chi connectivity index (χ3v) is 5.14.